The van der Waals surface area contributed by atoms with E-state index in [1.54, 1.807) is 7.11 Å². The Morgan fingerprint density at radius 2 is 2.12 bits per heavy atom. The van der Waals surface area contributed by atoms with Gasteiger partial charge in [0.2, 0.25) is 0 Å². The second kappa shape index (κ2) is 8.28. The summed E-state index contributed by atoms with van der Waals surface area (Å²) in [6.07, 6.45) is 1.75. The molecule has 1 saturated heterocycles. The average molecular weight is 224 g/mol. The fraction of sp³-hybridized carbons (Fsp3) is 0.538. The minimum Gasteiger partial charge on any atom is -0.391 e. The predicted octanol–water partition coefficient (Wildman–Crippen LogP) is 1.99. The van der Waals surface area contributed by atoms with Crippen molar-refractivity contribution in [3.8, 4) is 0 Å². The first-order chi connectivity index (χ1) is 7.83. The zero-order chi connectivity index (χ0) is 11.6. The van der Waals surface area contributed by atoms with E-state index in [0.29, 0.717) is 13.2 Å². The van der Waals surface area contributed by atoms with Crippen LogP contribution in [-0.4, -0.2) is 31.5 Å². The van der Waals surface area contributed by atoms with Gasteiger partial charge >= 0.3 is 0 Å². The summed E-state index contributed by atoms with van der Waals surface area (Å²) in [5.41, 5.74) is 1.22. The molecule has 0 bridgehead atoms. The van der Waals surface area contributed by atoms with Crippen LogP contribution >= 0.6 is 0 Å². The van der Waals surface area contributed by atoms with Crippen LogP contribution in [0.1, 0.15) is 18.4 Å². The molecule has 0 unspecified atom stereocenters. The topological polar surface area (TPSA) is 38.7 Å². The number of hydrogen-bond donors (Lipinski definition) is 1. The van der Waals surface area contributed by atoms with Gasteiger partial charge in [-0.25, -0.2) is 0 Å². The van der Waals surface area contributed by atoms with Gasteiger partial charge in [0.05, 0.1) is 19.3 Å². The van der Waals surface area contributed by atoms with Crippen LogP contribution in [0, 0.1) is 0 Å². The molecule has 1 aliphatic rings. The van der Waals surface area contributed by atoms with Crippen LogP contribution < -0.4 is 0 Å². The van der Waals surface area contributed by atoms with Crippen molar-refractivity contribution >= 4 is 0 Å². The molecule has 1 aromatic carbocycles. The summed E-state index contributed by atoms with van der Waals surface area (Å²) in [5, 5.41) is 8.78. The van der Waals surface area contributed by atoms with E-state index in [4.69, 9.17) is 14.6 Å². The smallest absolute Gasteiger partial charge is 0.0774 e. The van der Waals surface area contributed by atoms with Crippen molar-refractivity contribution in [1.82, 2.24) is 0 Å². The number of rotatable bonds is 2. The van der Waals surface area contributed by atoms with Gasteiger partial charge in [0, 0.05) is 13.7 Å². The summed E-state index contributed by atoms with van der Waals surface area (Å²) in [6, 6.07) is 10.1. The van der Waals surface area contributed by atoms with Crippen molar-refractivity contribution in [2.75, 3.05) is 20.3 Å². The van der Waals surface area contributed by atoms with Crippen LogP contribution in [0.25, 0.3) is 0 Å². The largest absolute Gasteiger partial charge is 0.391 e. The predicted molar refractivity (Wildman–Crippen MR) is 63.2 cm³/mol. The maximum Gasteiger partial charge on any atom is 0.0774 e. The fourth-order valence-electron chi connectivity index (χ4n) is 1.46. The summed E-state index contributed by atoms with van der Waals surface area (Å²) < 4.78 is 9.86. The lowest BCUT2D eigenvalue weighted by molar-refractivity contribution is -0.00535. The molecule has 0 aliphatic carbocycles. The molecule has 90 valence electrons. The van der Waals surface area contributed by atoms with Crippen LogP contribution in [-0.2, 0) is 16.1 Å². The molecule has 16 heavy (non-hydrogen) atoms. The Labute approximate surface area is 97.0 Å². The highest BCUT2D eigenvalue weighted by Crippen LogP contribution is 2.03. The van der Waals surface area contributed by atoms with Crippen molar-refractivity contribution in [3.63, 3.8) is 0 Å². The minimum absolute atomic E-state index is 0.186. The summed E-state index contributed by atoms with van der Waals surface area (Å²) in [6.45, 7) is 2.08. The Morgan fingerprint density at radius 1 is 1.38 bits per heavy atom. The molecule has 1 fully saturated rings. The molecule has 3 nitrogen and oxygen atoms in total. The van der Waals surface area contributed by atoms with E-state index in [-0.39, 0.29) is 6.10 Å². The van der Waals surface area contributed by atoms with Gasteiger partial charge in [-0.15, -0.1) is 0 Å². The lowest BCUT2D eigenvalue weighted by Crippen LogP contribution is -2.21. The SMILES string of the molecule is COCc1ccccc1.O[C@H]1CCCOC1. The van der Waals surface area contributed by atoms with Gasteiger partial charge < -0.3 is 14.6 Å². The third-order valence-corrected chi connectivity index (χ3v) is 2.29. The number of benzene rings is 1. The standard InChI is InChI=1S/C8H10O.C5H10O2/c1-9-7-8-5-3-2-4-6-8;6-5-2-1-3-7-4-5/h2-6H,7H2,1H3;5-6H,1-4H2/t;5-/m.0/s1. The van der Waals surface area contributed by atoms with Crippen LogP contribution in [0.2, 0.25) is 0 Å². The Bertz CT molecular complexity index is 255. The normalized spacial score (nSPS) is 19.8. The van der Waals surface area contributed by atoms with E-state index < -0.39 is 0 Å². The van der Waals surface area contributed by atoms with Crippen LogP contribution in [0.4, 0.5) is 0 Å². The van der Waals surface area contributed by atoms with Crippen LogP contribution in [0.15, 0.2) is 30.3 Å². The highest BCUT2D eigenvalue weighted by molar-refractivity contribution is 5.13. The van der Waals surface area contributed by atoms with Gasteiger partial charge in [0.25, 0.3) is 0 Å². The lowest BCUT2D eigenvalue weighted by atomic mass is 10.2. The van der Waals surface area contributed by atoms with E-state index in [9.17, 15) is 0 Å². The monoisotopic (exact) mass is 224 g/mol. The number of hydrogen-bond acceptors (Lipinski definition) is 3. The maximum atomic E-state index is 8.78. The van der Waals surface area contributed by atoms with E-state index >= 15 is 0 Å². The van der Waals surface area contributed by atoms with E-state index in [1.807, 2.05) is 30.3 Å². The second-order valence-electron chi connectivity index (χ2n) is 3.79. The van der Waals surface area contributed by atoms with Crippen LogP contribution in [0.5, 0.6) is 0 Å². The summed E-state index contributed by atoms with van der Waals surface area (Å²) >= 11 is 0. The third-order valence-electron chi connectivity index (χ3n) is 2.29. The van der Waals surface area contributed by atoms with E-state index in [2.05, 4.69) is 0 Å². The first-order valence-corrected chi connectivity index (χ1v) is 5.61. The van der Waals surface area contributed by atoms with Gasteiger partial charge in [-0.3, -0.25) is 0 Å². The zero-order valence-corrected chi connectivity index (χ0v) is 9.76. The number of ether oxygens (including phenoxy) is 2. The number of methoxy groups -OCH3 is 1. The van der Waals surface area contributed by atoms with Gasteiger partial charge in [-0.05, 0) is 18.4 Å². The quantitative estimate of drug-likeness (QED) is 0.835. The van der Waals surface area contributed by atoms with Crippen molar-refractivity contribution in [3.05, 3.63) is 35.9 Å². The van der Waals surface area contributed by atoms with Crippen molar-refractivity contribution in [2.45, 2.75) is 25.6 Å². The Morgan fingerprint density at radius 3 is 2.56 bits per heavy atom. The molecule has 0 amide bonds. The van der Waals surface area contributed by atoms with Gasteiger partial charge in [-0.1, -0.05) is 30.3 Å². The Balaban J connectivity index is 0.000000165. The molecule has 0 radical (unpaired) electrons. The molecule has 1 heterocycles. The summed E-state index contributed by atoms with van der Waals surface area (Å²) in [7, 11) is 1.70. The lowest BCUT2D eigenvalue weighted by Gasteiger charge is -2.15. The molecule has 0 spiro atoms. The molecule has 3 heteroatoms. The molecule has 1 aromatic rings. The molecule has 2 rings (SSSR count). The van der Waals surface area contributed by atoms with E-state index in [0.717, 1.165) is 19.4 Å². The molecule has 1 aliphatic heterocycles. The van der Waals surface area contributed by atoms with Gasteiger partial charge in [0.1, 0.15) is 0 Å². The first-order valence-electron chi connectivity index (χ1n) is 5.61. The second-order valence-corrected chi connectivity index (χ2v) is 3.79. The number of aliphatic hydroxyl groups is 1. The van der Waals surface area contributed by atoms with Gasteiger partial charge in [-0.2, -0.15) is 0 Å². The van der Waals surface area contributed by atoms with Gasteiger partial charge in [0.15, 0.2) is 0 Å². The third kappa shape index (κ3) is 5.85. The molecular weight excluding hydrogens is 204 g/mol. The highest BCUT2D eigenvalue weighted by Gasteiger charge is 2.07. The summed E-state index contributed by atoms with van der Waals surface area (Å²) in [4.78, 5) is 0. The van der Waals surface area contributed by atoms with Crippen molar-refractivity contribution < 1.29 is 14.6 Å². The molecule has 0 aromatic heterocycles. The first kappa shape index (κ1) is 13.2. The average Bonchev–Trinajstić information content (AvgIpc) is 2.33. The summed E-state index contributed by atoms with van der Waals surface area (Å²) in [5.74, 6) is 0. The molecule has 0 saturated carbocycles. The van der Waals surface area contributed by atoms with Crippen molar-refractivity contribution in [1.29, 1.82) is 0 Å². The van der Waals surface area contributed by atoms with E-state index in [1.165, 1.54) is 5.56 Å². The maximum absolute atomic E-state index is 8.78. The van der Waals surface area contributed by atoms with Crippen LogP contribution in [0.3, 0.4) is 0 Å². The molecule has 1 atom stereocenters. The molecule has 1 N–H and O–H groups in total. The zero-order valence-electron chi connectivity index (χ0n) is 9.76. The Kier molecular flexibility index (Phi) is 6.81. The minimum atomic E-state index is -0.186. The fourth-order valence-corrected chi connectivity index (χ4v) is 1.46. The highest BCUT2D eigenvalue weighted by atomic mass is 16.5. The molecular formula is C13H20O3. The number of aliphatic hydroxyl groups excluding tert-OH is 1. The Hall–Kier alpha value is -0.900. The van der Waals surface area contributed by atoms with Crippen molar-refractivity contribution in [2.24, 2.45) is 0 Å².